The van der Waals surface area contributed by atoms with Gasteiger partial charge in [-0.1, -0.05) is 12.6 Å². The number of carbonyl (C=O) groups excluding carboxylic acids is 1. The quantitative estimate of drug-likeness (QED) is 0.152. The average Bonchev–Trinajstić information content (AvgIpc) is 2.99. The predicted octanol–water partition coefficient (Wildman–Crippen LogP) is 6.76. The lowest BCUT2D eigenvalue weighted by atomic mass is 10.0. The van der Waals surface area contributed by atoms with E-state index in [-0.39, 0.29) is 29.2 Å². The van der Waals surface area contributed by atoms with Crippen LogP contribution in [0.15, 0.2) is 77.7 Å². The number of ketones is 1. The molecule has 0 spiro atoms. The van der Waals surface area contributed by atoms with Crippen LogP contribution in [0, 0.1) is 25.1 Å². The molecule has 0 aliphatic heterocycles. The van der Waals surface area contributed by atoms with Crippen LogP contribution in [-0.4, -0.2) is 29.6 Å². The summed E-state index contributed by atoms with van der Waals surface area (Å²) >= 11 is 0. The Morgan fingerprint density at radius 1 is 0.929 bits per heavy atom. The normalized spacial score (nSPS) is 10.8. The van der Waals surface area contributed by atoms with Gasteiger partial charge in [0.15, 0.2) is 28.8 Å². The summed E-state index contributed by atoms with van der Waals surface area (Å²) in [6.07, 6.45) is 1.25. The van der Waals surface area contributed by atoms with Crippen LogP contribution in [0.2, 0.25) is 0 Å². The van der Waals surface area contributed by atoms with Crippen molar-refractivity contribution in [1.82, 2.24) is 9.55 Å². The maximum atomic E-state index is 15.2. The number of fused-ring (bicyclic) bond motifs is 1. The highest BCUT2D eigenvalue weighted by molar-refractivity contribution is 5.98. The van der Waals surface area contributed by atoms with Gasteiger partial charge in [0.2, 0.25) is 5.82 Å². The number of hydrogen-bond donors (Lipinski definition) is 0. The molecule has 3 aromatic carbocycles. The van der Waals surface area contributed by atoms with Crippen molar-refractivity contribution in [3.8, 4) is 28.7 Å². The van der Waals surface area contributed by atoms with Crippen molar-refractivity contribution >= 4 is 22.5 Å². The van der Waals surface area contributed by atoms with Gasteiger partial charge in [0.05, 0.1) is 19.7 Å². The molecule has 0 saturated heterocycles. The Morgan fingerprint density at radius 3 is 2.31 bits per heavy atom. The molecule has 5 rings (SSSR count). The number of aromatic nitrogens is 2. The van der Waals surface area contributed by atoms with Gasteiger partial charge in [-0.15, -0.1) is 0 Å². The van der Waals surface area contributed by atoms with Crippen molar-refractivity contribution in [2.24, 2.45) is 0 Å². The molecular formula is C32H23F2N3O5. The van der Waals surface area contributed by atoms with Crippen molar-refractivity contribution < 1.29 is 27.8 Å². The fraction of sp³-hybridized carbons (Fsp3) is 0.125. The van der Waals surface area contributed by atoms with Crippen molar-refractivity contribution in [2.75, 3.05) is 14.2 Å². The van der Waals surface area contributed by atoms with E-state index in [0.29, 0.717) is 39.3 Å². The van der Waals surface area contributed by atoms with Gasteiger partial charge in [-0.05, 0) is 72.6 Å². The largest absolute Gasteiger partial charge is 0.493 e. The van der Waals surface area contributed by atoms with Gasteiger partial charge >= 0.3 is 5.56 Å². The summed E-state index contributed by atoms with van der Waals surface area (Å²) < 4.78 is 46.3. The number of benzene rings is 3. The van der Waals surface area contributed by atoms with Crippen LogP contribution in [0.1, 0.15) is 21.5 Å². The number of rotatable bonds is 8. The van der Waals surface area contributed by atoms with Gasteiger partial charge in [-0.2, -0.15) is 0 Å². The maximum Gasteiger partial charge on any atom is 0.334 e. The summed E-state index contributed by atoms with van der Waals surface area (Å²) in [6.45, 7) is 9.12. The Bertz CT molecular complexity index is 1950. The molecule has 42 heavy (non-hydrogen) atoms. The molecule has 0 unspecified atom stereocenters. The van der Waals surface area contributed by atoms with Crippen molar-refractivity contribution in [3.63, 3.8) is 0 Å². The zero-order valence-corrected chi connectivity index (χ0v) is 22.8. The molecule has 0 saturated carbocycles. The molecule has 5 aromatic rings. The summed E-state index contributed by atoms with van der Waals surface area (Å²) in [7, 11) is 3.01. The molecular weight excluding hydrogens is 544 g/mol. The van der Waals surface area contributed by atoms with Crippen molar-refractivity contribution in [1.29, 1.82) is 0 Å². The first-order valence-electron chi connectivity index (χ1n) is 12.6. The highest BCUT2D eigenvalue weighted by Crippen LogP contribution is 2.37. The second-order valence-corrected chi connectivity index (χ2v) is 9.29. The average molecular weight is 568 g/mol. The van der Waals surface area contributed by atoms with Crippen LogP contribution in [0.25, 0.3) is 21.4 Å². The second kappa shape index (κ2) is 11.5. The van der Waals surface area contributed by atoms with Gasteiger partial charge in [0.1, 0.15) is 22.8 Å². The monoisotopic (exact) mass is 567 g/mol. The van der Waals surface area contributed by atoms with E-state index in [1.807, 2.05) is 0 Å². The first kappa shape index (κ1) is 28.0. The minimum atomic E-state index is -0.722. The molecule has 0 N–H and O–H groups in total. The molecule has 0 aliphatic rings. The van der Waals surface area contributed by atoms with Gasteiger partial charge in [-0.3, -0.25) is 9.78 Å². The molecule has 0 amide bonds. The van der Waals surface area contributed by atoms with E-state index in [1.165, 1.54) is 56.8 Å². The first-order chi connectivity index (χ1) is 20.2. The second-order valence-electron chi connectivity index (χ2n) is 9.29. The Morgan fingerprint density at radius 2 is 1.64 bits per heavy atom. The van der Waals surface area contributed by atoms with E-state index < -0.39 is 23.0 Å². The maximum absolute atomic E-state index is 15.2. The highest BCUT2D eigenvalue weighted by Gasteiger charge is 2.22. The first-order valence-corrected chi connectivity index (χ1v) is 12.6. The number of aryl methyl sites for hydroxylation is 1. The third kappa shape index (κ3) is 5.28. The summed E-state index contributed by atoms with van der Waals surface area (Å²) in [5, 5.41) is 0.574. The highest BCUT2D eigenvalue weighted by atomic mass is 19.1. The Kier molecular flexibility index (Phi) is 7.67. The summed E-state index contributed by atoms with van der Waals surface area (Å²) in [5.41, 5.74) is 0.621. The fourth-order valence-electron chi connectivity index (χ4n) is 4.58. The zero-order chi connectivity index (χ0) is 30.0. The fourth-order valence-corrected chi connectivity index (χ4v) is 4.58. The minimum absolute atomic E-state index is 0.00963. The van der Waals surface area contributed by atoms with E-state index in [2.05, 4.69) is 9.83 Å². The van der Waals surface area contributed by atoms with E-state index in [4.69, 9.17) is 20.8 Å². The summed E-state index contributed by atoms with van der Waals surface area (Å²) in [4.78, 5) is 34.3. The summed E-state index contributed by atoms with van der Waals surface area (Å²) in [6, 6.07) is 15.4. The van der Waals surface area contributed by atoms with Crippen LogP contribution < -0.4 is 19.8 Å². The van der Waals surface area contributed by atoms with Crippen LogP contribution in [-0.2, 0) is 6.42 Å². The standard InChI is InChI=1S/C32H23F2N3O5/c1-18-13-23(32(39)37(31(18)35-2)21-8-6-20(33)7-9-21)26(38)15-19-5-10-28(24(34)14-19)42-27-11-12-36-25-17-30(41-4)29(40-3)16-22(25)27/h5-14,16-17H,15H2,1,3-4H3. The van der Waals surface area contributed by atoms with E-state index in [1.54, 1.807) is 25.1 Å². The number of carbonyl (C=O) groups is 1. The number of ether oxygens (including phenoxy) is 3. The number of Topliss-reactive ketones (excluding diaryl/α,β-unsaturated/α-hetero) is 1. The van der Waals surface area contributed by atoms with Crippen LogP contribution in [0.4, 0.5) is 14.6 Å². The number of nitrogens with zero attached hydrogens (tertiary/aromatic N) is 3. The third-order valence-electron chi connectivity index (χ3n) is 6.64. The molecule has 0 aliphatic carbocycles. The minimum Gasteiger partial charge on any atom is -0.493 e. The molecule has 2 heterocycles. The zero-order valence-electron chi connectivity index (χ0n) is 22.8. The molecule has 210 valence electrons. The van der Waals surface area contributed by atoms with E-state index >= 15 is 4.39 Å². The SMILES string of the molecule is [C-]#[N+]c1c(C)cc(C(=O)Cc2ccc(Oc3ccnc4cc(OC)c(OC)cc34)c(F)c2)c(=O)n1-c1ccc(F)cc1. The van der Waals surface area contributed by atoms with Crippen LogP contribution in [0.3, 0.4) is 0 Å². The van der Waals surface area contributed by atoms with Gasteiger partial charge in [-0.25, -0.2) is 18.1 Å². The Labute approximate surface area is 239 Å². The van der Waals surface area contributed by atoms with E-state index in [9.17, 15) is 14.0 Å². The molecule has 8 nitrogen and oxygen atoms in total. The third-order valence-corrected chi connectivity index (χ3v) is 6.64. The molecule has 2 aromatic heterocycles. The van der Waals surface area contributed by atoms with Crippen LogP contribution >= 0.6 is 0 Å². The van der Waals surface area contributed by atoms with E-state index in [0.717, 1.165) is 16.7 Å². The number of pyridine rings is 2. The molecule has 0 bridgehead atoms. The smallest absolute Gasteiger partial charge is 0.334 e. The Hall–Kier alpha value is -5.56. The lowest BCUT2D eigenvalue weighted by Gasteiger charge is -2.13. The topological polar surface area (TPSA) is 84.0 Å². The lowest BCUT2D eigenvalue weighted by Crippen LogP contribution is -2.26. The van der Waals surface area contributed by atoms with Crippen molar-refractivity contribution in [2.45, 2.75) is 13.3 Å². The molecule has 0 fully saturated rings. The molecule has 0 radical (unpaired) electrons. The lowest BCUT2D eigenvalue weighted by molar-refractivity contribution is 0.0991. The predicted molar refractivity (Wildman–Crippen MR) is 152 cm³/mol. The molecule has 0 atom stereocenters. The Balaban J connectivity index is 1.43. The van der Waals surface area contributed by atoms with Gasteiger partial charge in [0, 0.05) is 24.1 Å². The molecule has 10 heteroatoms. The van der Waals surface area contributed by atoms with Gasteiger partial charge in [0.25, 0.3) is 0 Å². The van der Waals surface area contributed by atoms with Gasteiger partial charge < -0.3 is 19.1 Å². The number of methoxy groups -OCH3 is 2. The number of halogens is 2. The van der Waals surface area contributed by atoms with Crippen molar-refractivity contribution in [3.05, 3.63) is 123 Å². The number of hydrogen-bond acceptors (Lipinski definition) is 6. The van der Waals surface area contributed by atoms with Crippen LogP contribution in [0.5, 0.6) is 23.0 Å². The summed E-state index contributed by atoms with van der Waals surface area (Å²) in [5.74, 6) is -0.584.